The van der Waals surface area contributed by atoms with Crippen LogP contribution in [0.4, 0.5) is 8.78 Å². The molecule has 2 aliphatic heterocycles. The zero-order valence-electron chi connectivity index (χ0n) is 15.7. The van der Waals surface area contributed by atoms with Gasteiger partial charge in [0.1, 0.15) is 5.69 Å². The van der Waals surface area contributed by atoms with Gasteiger partial charge in [-0.1, -0.05) is 6.42 Å². The first-order chi connectivity index (χ1) is 13.0. The van der Waals surface area contributed by atoms with Crippen molar-refractivity contribution in [1.82, 2.24) is 19.4 Å². The zero-order chi connectivity index (χ0) is 19.2. The molecule has 0 bridgehead atoms. The van der Waals surface area contributed by atoms with E-state index in [9.17, 15) is 18.4 Å². The highest BCUT2D eigenvalue weighted by molar-refractivity contribution is 5.76. The molecular formula is C19H28F2N4O2. The van der Waals surface area contributed by atoms with Crippen LogP contribution in [-0.2, 0) is 11.3 Å². The van der Waals surface area contributed by atoms with Crippen molar-refractivity contribution in [2.75, 3.05) is 32.7 Å². The first-order valence-corrected chi connectivity index (χ1v) is 9.87. The summed E-state index contributed by atoms with van der Waals surface area (Å²) in [6, 6.07) is 0.929. The van der Waals surface area contributed by atoms with E-state index in [4.69, 9.17) is 0 Å². The SMILES string of the molecule is O=C1CCCCCN1CCN1CCC(Cn2cnc(C(F)F)cc2=O)CC1. The first kappa shape index (κ1) is 19.9. The topological polar surface area (TPSA) is 58.4 Å². The predicted octanol–water partition coefficient (Wildman–Crippen LogP) is 2.30. The lowest BCUT2D eigenvalue weighted by atomic mass is 9.96. The first-order valence-electron chi connectivity index (χ1n) is 9.87. The van der Waals surface area contributed by atoms with Crippen molar-refractivity contribution >= 4 is 5.91 Å². The van der Waals surface area contributed by atoms with Gasteiger partial charge in [-0.3, -0.25) is 14.2 Å². The van der Waals surface area contributed by atoms with Crippen molar-refractivity contribution in [1.29, 1.82) is 0 Å². The summed E-state index contributed by atoms with van der Waals surface area (Å²) in [6.45, 7) is 4.95. The molecule has 6 nitrogen and oxygen atoms in total. The summed E-state index contributed by atoms with van der Waals surface area (Å²) in [5, 5.41) is 0. The van der Waals surface area contributed by atoms with E-state index in [1.807, 2.05) is 4.90 Å². The lowest BCUT2D eigenvalue weighted by Gasteiger charge is -2.33. The Morgan fingerprint density at radius 2 is 1.85 bits per heavy atom. The van der Waals surface area contributed by atoms with Gasteiger partial charge in [-0.2, -0.15) is 0 Å². The van der Waals surface area contributed by atoms with Crippen LogP contribution in [0.15, 0.2) is 17.2 Å². The Morgan fingerprint density at radius 3 is 2.56 bits per heavy atom. The van der Waals surface area contributed by atoms with Crippen LogP contribution in [0.5, 0.6) is 0 Å². The van der Waals surface area contributed by atoms with Crippen LogP contribution < -0.4 is 5.56 Å². The third kappa shape index (κ3) is 5.57. The van der Waals surface area contributed by atoms with Crippen LogP contribution in [0.1, 0.15) is 50.6 Å². The third-order valence-corrected chi connectivity index (χ3v) is 5.64. The zero-order valence-corrected chi connectivity index (χ0v) is 15.7. The van der Waals surface area contributed by atoms with Crippen LogP contribution in [0.25, 0.3) is 0 Å². The number of likely N-dealkylation sites (tertiary alicyclic amines) is 2. The molecule has 0 radical (unpaired) electrons. The molecular weight excluding hydrogens is 354 g/mol. The molecule has 8 heteroatoms. The molecule has 2 fully saturated rings. The minimum atomic E-state index is -2.72. The van der Waals surface area contributed by atoms with Gasteiger partial charge in [-0.25, -0.2) is 13.8 Å². The van der Waals surface area contributed by atoms with Crippen LogP contribution in [0.3, 0.4) is 0 Å². The lowest BCUT2D eigenvalue weighted by molar-refractivity contribution is -0.130. The van der Waals surface area contributed by atoms with Gasteiger partial charge in [-0.15, -0.1) is 0 Å². The number of aromatic nitrogens is 2. The third-order valence-electron chi connectivity index (χ3n) is 5.64. The second kappa shape index (κ2) is 9.39. The molecule has 0 aliphatic carbocycles. The van der Waals surface area contributed by atoms with Crippen LogP contribution in [0, 0.1) is 5.92 Å². The maximum atomic E-state index is 12.6. The Labute approximate surface area is 158 Å². The number of amides is 1. The van der Waals surface area contributed by atoms with E-state index in [-0.39, 0.29) is 5.91 Å². The molecule has 3 heterocycles. The maximum Gasteiger partial charge on any atom is 0.280 e. The van der Waals surface area contributed by atoms with Gasteiger partial charge in [0, 0.05) is 38.7 Å². The standard InChI is InChI=1S/C19H28F2N4O2/c20-19(21)16-12-18(27)25(14-22-16)13-15-5-8-23(9-6-15)10-11-24-7-3-1-2-4-17(24)26/h12,14-15,19H,1-11,13H2. The summed E-state index contributed by atoms with van der Waals surface area (Å²) in [5.74, 6) is 0.625. The molecule has 1 aromatic rings. The number of nitrogens with zero attached hydrogens (tertiary/aromatic N) is 4. The fraction of sp³-hybridized carbons (Fsp3) is 0.737. The summed E-state index contributed by atoms with van der Waals surface area (Å²) < 4.78 is 26.6. The molecule has 0 aromatic carbocycles. The number of carbonyl (C=O) groups excluding carboxylic acids is 1. The van der Waals surface area contributed by atoms with Crippen molar-refractivity contribution in [3.8, 4) is 0 Å². The highest BCUT2D eigenvalue weighted by Gasteiger charge is 2.22. The molecule has 0 saturated carbocycles. The van der Waals surface area contributed by atoms with Crippen molar-refractivity contribution in [3.63, 3.8) is 0 Å². The largest absolute Gasteiger partial charge is 0.341 e. The van der Waals surface area contributed by atoms with Crippen molar-refractivity contribution < 1.29 is 13.6 Å². The molecule has 0 unspecified atom stereocenters. The van der Waals surface area contributed by atoms with Gasteiger partial charge < -0.3 is 9.80 Å². The minimum Gasteiger partial charge on any atom is -0.341 e. The fourth-order valence-corrected chi connectivity index (χ4v) is 3.90. The molecule has 0 spiro atoms. The molecule has 2 saturated heterocycles. The van der Waals surface area contributed by atoms with E-state index < -0.39 is 17.7 Å². The molecule has 2 aliphatic rings. The number of hydrogen-bond acceptors (Lipinski definition) is 4. The van der Waals surface area contributed by atoms with Gasteiger partial charge in [0.05, 0.1) is 6.33 Å². The molecule has 27 heavy (non-hydrogen) atoms. The van der Waals surface area contributed by atoms with Crippen LogP contribution >= 0.6 is 0 Å². The summed E-state index contributed by atoms with van der Waals surface area (Å²) in [5.41, 5.74) is -0.878. The average Bonchev–Trinajstić information content (AvgIpc) is 2.87. The number of halogens is 2. The summed E-state index contributed by atoms with van der Waals surface area (Å²) >= 11 is 0. The number of alkyl halides is 2. The Bertz CT molecular complexity index is 687. The van der Waals surface area contributed by atoms with Crippen molar-refractivity contribution in [2.45, 2.75) is 51.5 Å². The van der Waals surface area contributed by atoms with Gasteiger partial charge >= 0.3 is 0 Å². The van der Waals surface area contributed by atoms with Crippen molar-refractivity contribution in [2.24, 2.45) is 5.92 Å². The second-order valence-electron chi connectivity index (χ2n) is 7.58. The number of hydrogen-bond donors (Lipinski definition) is 0. The highest BCUT2D eigenvalue weighted by atomic mass is 19.3. The quantitative estimate of drug-likeness (QED) is 0.758. The molecule has 3 rings (SSSR count). The van der Waals surface area contributed by atoms with E-state index >= 15 is 0 Å². The normalized spacial score (nSPS) is 20.3. The molecule has 1 aromatic heterocycles. The van der Waals surface area contributed by atoms with E-state index in [1.165, 1.54) is 10.9 Å². The Kier molecular flexibility index (Phi) is 6.93. The van der Waals surface area contributed by atoms with Gasteiger partial charge in [0.25, 0.3) is 12.0 Å². The summed E-state index contributed by atoms with van der Waals surface area (Å²) in [6.07, 6.45) is 4.35. The van der Waals surface area contributed by atoms with Gasteiger partial charge in [0.15, 0.2) is 0 Å². The van der Waals surface area contributed by atoms with Gasteiger partial charge in [0.2, 0.25) is 5.91 Å². The Balaban J connectivity index is 1.44. The van der Waals surface area contributed by atoms with E-state index in [0.717, 1.165) is 70.9 Å². The molecule has 1 amide bonds. The van der Waals surface area contributed by atoms with E-state index in [0.29, 0.717) is 18.9 Å². The monoisotopic (exact) mass is 382 g/mol. The van der Waals surface area contributed by atoms with Gasteiger partial charge in [-0.05, 0) is 44.7 Å². The highest BCUT2D eigenvalue weighted by Crippen LogP contribution is 2.19. The Morgan fingerprint density at radius 1 is 1.07 bits per heavy atom. The summed E-state index contributed by atoms with van der Waals surface area (Å²) in [4.78, 5) is 32.1. The predicted molar refractivity (Wildman–Crippen MR) is 97.7 cm³/mol. The second-order valence-corrected chi connectivity index (χ2v) is 7.58. The summed E-state index contributed by atoms with van der Waals surface area (Å²) in [7, 11) is 0. The van der Waals surface area contributed by atoms with Crippen molar-refractivity contribution in [3.05, 3.63) is 28.4 Å². The number of piperidine rings is 1. The molecule has 150 valence electrons. The molecule has 0 atom stereocenters. The van der Waals surface area contributed by atoms with Crippen LogP contribution in [0.2, 0.25) is 0 Å². The molecule has 0 N–H and O–H groups in total. The van der Waals surface area contributed by atoms with E-state index in [2.05, 4.69) is 9.88 Å². The fourth-order valence-electron chi connectivity index (χ4n) is 3.90. The maximum absolute atomic E-state index is 12.6. The number of carbonyl (C=O) groups is 1. The minimum absolute atomic E-state index is 0.279. The smallest absolute Gasteiger partial charge is 0.280 e. The van der Waals surface area contributed by atoms with Crippen LogP contribution in [-0.4, -0.2) is 58.0 Å². The Hall–Kier alpha value is -1.83. The lowest BCUT2D eigenvalue weighted by Crippen LogP contribution is -2.42. The number of rotatable bonds is 6. The average molecular weight is 382 g/mol. The van der Waals surface area contributed by atoms with E-state index in [1.54, 1.807) is 0 Å².